The van der Waals surface area contributed by atoms with E-state index in [1.807, 2.05) is 30.3 Å². The first-order chi connectivity index (χ1) is 6.96. The van der Waals surface area contributed by atoms with Crippen LogP contribution in [0, 0.1) is 6.65 Å². The van der Waals surface area contributed by atoms with Gasteiger partial charge in [0.15, 0.2) is 21.6 Å². The zero-order valence-corrected chi connectivity index (χ0v) is 12.7. The van der Waals surface area contributed by atoms with E-state index in [1.165, 1.54) is 0 Å². The summed E-state index contributed by atoms with van der Waals surface area (Å²) in [6.45, 7) is 4.50. The summed E-state index contributed by atoms with van der Waals surface area (Å²) in [5.74, 6) is 0. The Balaban J connectivity index is -0.0000000616. The average molecular weight is 306 g/mol. The molecule has 1 radical (unpaired) electrons. The van der Waals surface area contributed by atoms with Crippen molar-refractivity contribution in [2.24, 2.45) is 0 Å². The van der Waals surface area contributed by atoms with Gasteiger partial charge in [-0.2, -0.15) is 18.2 Å². The van der Waals surface area contributed by atoms with E-state index in [9.17, 15) is 0 Å². The molecule has 0 unspecified atom stereocenters. The molecule has 16 heavy (non-hydrogen) atoms. The average Bonchev–Trinajstić information content (AvgIpc) is 2.61. The van der Waals surface area contributed by atoms with E-state index >= 15 is 0 Å². The molecular formula is C10H19MnO3S2+. The van der Waals surface area contributed by atoms with Crippen LogP contribution in [0.25, 0.3) is 0 Å². The van der Waals surface area contributed by atoms with Crippen molar-refractivity contribution in [1.82, 2.24) is 0 Å². The van der Waals surface area contributed by atoms with Gasteiger partial charge >= 0.3 is 11.3 Å². The van der Waals surface area contributed by atoms with Gasteiger partial charge in [-0.15, -0.1) is 0 Å². The third-order valence-electron chi connectivity index (χ3n) is 0.556. The van der Waals surface area contributed by atoms with Crippen LogP contribution in [0.1, 0.15) is 0 Å². The molecule has 1 aromatic rings. The molecule has 3 nitrogen and oxygen atoms in total. The van der Waals surface area contributed by atoms with Crippen molar-refractivity contribution >= 4 is 21.6 Å². The normalized spacial score (nSPS) is 7.00. The zero-order valence-electron chi connectivity index (χ0n) is 9.88. The van der Waals surface area contributed by atoms with Gasteiger partial charge in [-0.1, -0.05) is 0 Å². The van der Waals surface area contributed by atoms with Crippen LogP contribution in [0.4, 0.5) is 0 Å². The molecular weight excluding hydrogens is 287 g/mol. The van der Waals surface area contributed by atoms with Gasteiger partial charge < -0.3 is 0 Å². The second-order valence-electron chi connectivity index (χ2n) is 2.51. The van der Waals surface area contributed by atoms with Crippen molar-refractivity contribution in [3.05, 3.63) is 37.0 Å². The molecule has 6 heteroatoms. The molecule has 1 rings (SSSR count). The van der Waals surface area contributed by atoms with E-state index in [0.717, 1.165) is 0 Å². The van der Waals surface area contributed by atoms with Crippen molar-refractivity contribution in [3.8, 4) is 0 Å². The summed E-state index contributed by atoms with van der Waals surface area (Å²) < 4.78 is 23.7. The van der Waals surface area contributed by atoms with Gasteiger partial charge in [0.1, 0.15) is 0 Å². The first-order valence-corrected chi connectivity index (χ1v) is 7.87. The minimum absolute atomic E-state index is 0. The maximum absolute atomic E-state index is 8.08. The molecule has 0 heterocycles. The summed E-state index contributed by atoms with van der Waals surface area (Å²) in [4.78, 5) is 0. The Morgan fingerprint density at radius 3 is 1.19 bits per heavy atom. The Hall–Kier alpha value is -0.0905. The van der Waals surface area contributed by atoms with Crippen LogP contribution in [0.2, 0.25) is 0 Å². The van der Waals surface area contributed by atoms with E-state index < -0.39 is 0 Å². The second-order valence-corrected chi connectivity index (χ2v) is 5.60. The molecule has 0 saturated carbocycles. The molecule has 0 aliphatic carbocycles. The molecule has 0 amide bonds. The molecule has 0 saturated heterocycles. The van der Waals surface area contributed by atoms with Crippen molar-refractivity contribution in [2.75, 3.05) is 25.0 Å². The quantitative estimate of drug-likeness (QED) is 0.398. The van der Waals surface area contributed by atoms with E-state index in [-0.39, 0.29) is 38.7 Å². The Morgan fingerprint density at radius 1 is 0.938 bits per heavy atom. The fourth-order valence-corrected chi connectivity index (χ4v) is 0.321. The summed E-state index contributed by atoms with van der Waals surface area (Å²) in [7, 11) is -0.722. The molecule has 0 spiro atoms. The summed E-state index contributed by atoms with van der Waals surface area (Å²) in [5.41, 5.74) is 0. The van der Waals surface area contributed by atoms with E-state index in [4.69, 9.17) is 13.1 Å². The maximum atomic E-state index is 8.08. The van der Waals surface area contributed by atoms with Gasteiger partial charge in [0.25, 0.3) is 0 Å². The van der Waals surface area contributed by atoms with Crippen molar-refractivity contribution in [1.29, 1.82) is 0 Å². The number of rotatable bonds is 0. The largest absolute Gasteiger partial charge is 0.214 e. The van der Waals surface area contributed by atoms with Crippen molar-refractivity contribution in [2.45, 2.75) is 0 Å². The van der Waals surface area contributed by atoms with Gasteiger partial charge in [-0.3, -0.25) is 8.42 Å². The molecule has 0 fully saturated rings. The predicted octanol–water partition coefficient (Wildman–Crippen LogP) is 1.67. The van der Waals surface area contributed by atoms with Crippen LogP contribution in [0.3, 0.4) is 0 Å². The molecule has 0 atom stereocenters. The monoisotopic (exact) mass is 306 g/mol. The Bertz CT molecular complexity index is 221. The SMILES string of the molecule is CS(C)=[OH+].CS(C)=[OH+].[C-]#[O+].[Mn].c1cc[cH-]c1. The van der Waals surface area contributed by atoms with Crippen LogP contribution in [-0.4, -0.2) is 33.4 Å². The molecule has 1 aromatic carbocycles. The Morgan fingerprint density at radius 2 is 1.12 bits per heavy atom. The Kier molecular flexibility index (Phi) is 37.8. The second kappa shape index (κ2) is 24.2. The van der Waals surface area contributed by atoms with Crippen LogP contribution in [-0.2, 0) is 43.3 Å². The van der Waals surface area contributed by atoms with Crippen molar-refractivity contribution in [3.63, 3.8) is 0 Å². The van der Waals surface area contributed by atoms with Gasteiger partial charge in [0, 0.05) is 17.1 Å². The summed E-state index contributed by atoms with van der Waals surface area (Å²) >= 11 is 0. The molecule has 0 bridgehead atoms. The molecule has 0 aromatic heterocycles. The fraction of sp³-hybridized carbons (Fsp3) is 0.400. The van der Waals surface area contributed by atoms with Crippen LogP contribution >= 0.6 is 0 Å². The summed E-state index contributed by atoms with van der Waals surface area (Å²) in [6.07, 6.45) is 7.00. The fourth-order valence-electron chi connectivity index (χ4n) is 0.321. The van der Waals surface area contributed by atoms with Gasteiger partial charge in [-0.25, -0.2) is 12.1 Å². The van der Waals surface area contributed by atoms with Gasteiger partial charge in [0.2, 0.25) is 0 Å². The minimum Gasteiger partial charge on any atom is -0.214 e. The number of hydrogen-bond donors (Lipinski definition) is 0. The Labute approximate surface area is 113 Å². The minimum atomic E-state index is -0.361. The van der Waals surface area contributed by atoms with E-state index in [0.29, 0.717) is 0 Å². The third kappa shape index (κ3) is 96.2. The molecule has 0 aliphatic rings. The predicted molar refractivity (Wildman–Crippen MR) is 68.3 cm³/mol. The zero-order chi connectivity index (χ0) is 12.7. The third-order valence-corrected chi connectivity index (χ3v) is 0.556. The molecule has 95 valence electrons. The van der Waals surface area contributed by atoms with Crippen LogP contribution in [0.15, 0.2) is 30.3 Å². The first-order valence-electron chi connectivity index (χ1n) is 3.87. The van der Waals surface area contributed by atoms with Crippen LogP contribution < -0.4 is 0 Å². The topological polar surface area (TPSA) is 62.7 Å². The molecule has 2 N–H and O–H groups in total. The maximum Gasteiger partial charge on any atom is 0 e. The van der Waals surface area contributed by atoms with Crippen LogP contribution in [0.5, 0.6) is 0 Å². The standard InChI is InChI=1S/C5H5.2C2H6OS.CO.Mn/c1-2-4-5-3-1;2*1-4(2)3;1-2;/h1-5H;2*1-2H3;;/q-1;;;;/p+2. The van der Waals surface area contributed by atoms with Gasteiger partial charge in [0.05, 0.1) is 25.0 Å². The van der Waals surface area contributed by atoms with Gasteiger partial charge in [-0.05, 0) is 0 Å². The first kappa shape index (κ1) is 24.9. The smallest absolute Gasteiger partial charge is 0 e. The number of hydrogen-bond acceptors (Lipinski definition) is 0. The van der Waals surface area contributed by atoms with E-state index in [1.54, 1.807) is 25.0 Å². The summed E-state index contributed by atoms with van der Waals surface area (Å²) in [5, 5.41) is 0. The summed E-state index contributed by atoms with van der Waals surface area (Å²) in [6, 6.07) is 10.0. The van der Waals surface area contributed by atoms with Crippen molar-refractivity contribution < 1.29 is 30.1 Å². The molecule has 0 aliphatic heterocycles. The van der Waals surface area contributed by atoms with E-state index in [2.05, 4.69) is 6.65 Å².